The van der Waals surface area contributed by atoms with Gasteiger partial charge in [-0.1, -0.05) is 68.4 Å². The van der Waals surface area contributed by atoms with Crippen molar-refractivity contribution >= 4 is 5.96 Å². The average Bonchev–Trinajstić information content (AvgIpc) is 2.68. The van der Waals surface area contributed by atoms with E-state index < -0.39 is 0 Å². The molecule has 0 saturated heterocycles. The lowest BCUT2D eigenvalue weighted by Gasteiger charge is -2.20. The third-order valence-electron chi connectivity index (χ3n) is 4.38. The molecule has 0 aromatic heterocycles. The molecule has 2 aromatic carbocycles. The van der Waals surface area contributed by atoms with Crippen LogP contribution in [0.5, 0.6) is 0 Å². The van der Waals surface area contributed by atoms with Crippen molar-refractivity contribution in [2.24, 2.45) is 4.99 Å². The number of guanidine groups is 1. The monoisotopic (exact) mass is 338 g/mol. The maximum absolute atomic E-state index is 4.33. The third-order valence-corrected chi connectivity index (χ3v) is 4.38. The molecule has 0 amide bonds. The highest BCUT2D eigenvalue weighted by Crippen LogP contribution is 2.11. The van der Waals surface area contributed by atoms with Crippen LogP contribution >= 0.6 is 0 Å². The van der Waals surface area contributed by atoms with Crippen LogP contribution in [0.25, 0.3) is 0 Å². The van der Waals surface area contributed by atoms with Crippen LogP contribution in [0.2, 0.25) is 0 Å². The van der Waals surface area contributed by atoms with Crippen molar-refractivity contribution in [1.29, 1.82) is 0 Å². The first-order valence-corrected chi connectivity index (χ1v) is 9.04. The maximum atomic E-state index is 4.33. The number of benzene rings is 2. The minimum atomic E-state index is 0.765. The van der Waals surface area contributed by atoms with Crippen LogP contribution in [0.4, 0.5) is 0 Å². The van der Waals surface area contributed by atoms with Gasteiger partial charge in [-0.05, 0) is 29.8 Å². The Labute approximate surface area is 152 Å². The molecule has 2 N–H and O–H groups in total. The van der Waals surface area contributed by atoms with Crippen LogP contribution in [0.3, 0.4) is 0 Å². The predicted molar refractivity (Wildman–Crippen MR) is 107 cm³/mol. The summed E-state index contributed by atoms with van der Waals surface area (Å²) in [7, 11) is 1.81. The SMILES string of the molecule is CCN(CC)Cc1ccccc1CNC(=NC)NCc1ccccc1. The second-order valence-electron chi connectivity index (χ2n) is 6.00. The third kappa shape index (κ3) is 6.24. The van der Waals surface area contributed by atoms with Gasteiger partial charge in [0.05, 0.1) is 0 Å². The molecule has 0 heterocycles. The molecule has 2 rings (SSSR count). The summed E-state index contributed by atoms with van der Waals surface area (Å²) in [6.07, 6.45) is 0. The Morgan fingerprint density at radius 3 is 2.08 bits per heavy atom. The van der Waals surface area contributed by atoms with E-state index in [2.05, 4.69) is 82.9 Å². The van der Waals surface area contributed by atoms with Gasteiger partial charge in [0, 0.05) is 26.7 Å². The minimum absolute atomic E-state index is 0.765. The predicted octanol–water partition coefficient (Wildman–Crippen LogP) is 3.39. The van der Waals surface area contributed by atoms with Gasteiger partial charge in [-0.2, -0.15) is 0 Å². The van der Waals surface area contributed by atoms with Gasteiger partial charge in [-0.15, -0.1) is 0 Å². The molecule has 134 valence electrons. The van der Waals surface area contributed by atoms with Gasteiger partial charge in [0.1, 0.15) is 0 Å². The van der Waals surface area contributed by atoms with E-state index in [1.165, 1.54) is 16.7 Å². The summed E-state index contributed by atoms with van der Waals surface area (Å²) in [5.41, 5.74) is 3.93. The summed E-state index contributed by atoms with van der Waals surface area (Å²) in [5.74, 6) is 0.821. The smallest absolute Gasteiger partial charge is 0.191 e. The van der Waals surface area contributed by atoms with Crippen molar-refractivity contribution < 1.29 is 0 Å². The van der Waals surface area contributed by atoms with E-state index in [0.717, 1.165) is 38.7 Å². The van der Waals surface area contributed by atoms with Gasteiger partial charge >= 0.3 is 0 Å². The Morgan fingerprint density at radius 1 is 0.840 bits per heavy atom. The van der Waals surface area contributed by atoms with E-state index >= 15 is 0 Å². The molecule has 0 aliphatic carbocycles. The van der Waals surface area contributed by atoms with Crippen LogP contribution in [-0.2, 0) is 19.6 Å². The van der Waals surface area contributed by atoms with Crippen LogP contribution in [0.1, 0.15) is 30.5 Å². The van der Waals surface area contributed by atoms with Crippen LogP contribution < -0.4 is 10.6 Å². The van der Waals surface area contributed by atoms with Gasteiger partial charge in [-0.25, -0.2) is 0 Å². The topological polar surface area (TPSA) is 39.7 Å². The lowest BCUT2D eigenvalue weighted by molar-refractivity contribution is 0.295. The fraction of sp³-hybridized carbons (Fsp3) is 0.381. The molecule has 0 radical (unpaired) electrons. The van der Waals surface area contributed by atoms with Gasteiger partial charge in [0.25, 0.3) is 0 Å². The van der Waals surface area contributed by atoms with Crippen molar-refractivity contribution in [3.63, 3.8) is 0 Å². The lowest BCUT2D eigenvalue weighted by atomic mass is 10.1. The average molecular weight is 338 g/mol. The Balaban J connectivity index is 1.92. The molecule has 0 saturated carbocycles. The number of hydrogen-bond donors (Lipinski definition) is 2. The molecule has 0 fully saturated rings. The Morgan fingerprint density at radius 2 is 1.44 bits per heavy atom. The number of hydrogen-bond acceptors (Lipinski definition) is 2. The van der Waals surface area contributed by atoms with Gasteiger partial charge in [-0.3, -0.25) is 9.89 Å². The maximum Gasteiger partial charge on any atom is 0.191 e. The summed E-state index contributed by atoms with van der Waals surface area (Å²) in [6, 6.07) is 19.0. The summed E-state index contributed by atoms with van der Waals surface area (Å²) < 4.78 is 0. The molecule has 2 aromatic rings. The zero-order valence-corrected chi connectivity index (χ0v) is 15.6. The molecule has 0 aliphatic rings. The summed E-state index contributed by atoms with van der Waals surface area (Å²) >= 11 is 0. The first-order chi connectivity index (χ1) is 12.3. The summed E-state index contributed by atoms with van der Waals surface area (Å²) in [6.45, 7) is 9.07. The fourth-order valence-corrected chi connectivity index (χ4v) is 2.75. The highest BCUT2D eigenvalue weighted by molar-refractivity contribution is 5.79. The highest BCUT2D eigenvalue weighted by atomic mass is 15.2. The lowest BCUT2D eigenvalue weighted by Crippen LogP contribution is -2.36. The molecular weight excluding hydrogens is 308 g/mol. The summed E-state index contributed by atoms with van der Waals surface area (Å²) in [5, 5.41) is 6.79. The largest absolute Gasteiger partial charge is 0.352 e. The zero-order valence-electron chi connectivity index (χ0n) is 15.6. The second kappa shape index (κ2) is 10.5. The first-order valence-electron chi connectivity index (χ1n) is 9.04. The van der Waals surface area contributed by atoms with Crippen LogP contribution in [-0.4, -0.2) is 31.0 Å². The Hall–Kier alpha value is -2.33. The van der Waals surface area contributed by atoms with Crippen molar-refractivity contribution in [1.82, 2.24) is 15.5 Å². The quantitative estimate of drug-likeness (QED) is 0.572. The number of nitrogens with zero attached hydrogens (tertiary/aromatic N) is 2. The standard InChI is InChI=1S/C21H30N4/c1-4-25(5-2)17-20-14-10-9-13-19(20)16-24-21(22-3)23-15-18-11-7-6-8-12-18/h6-14H,4-5,15-17H2,1-3H3,(H2,22,23,24). The molecule has 0 bridgehead atoms. The first kappa shape index (κ1) is 19.0. The Kier molecular flexibility index (Phi) is 7.99. The molecule has 4 heteroatoms. The van der Waals surface area contributed by atoms with Gasteiger partial charge < -0.3 is 10.6 Å². The van der Waals surface area contributed by atoms with Crippen LogP contribution in [0, 0.1) is 0 Å². The zero-order chi connectivity index (χ0) is 17.9. The molecule has 25 heavy (non-hydrogen) atoms. The number of nitrogens with one attached hydrogen (secondary N) is 2. The second-order valence-corrected chi connectivity index (χ2v) is 6.00. The normalized spacial score (nSPS) is 11.6. The van der Waals surface area contributed by atoms with Crippen molar-refractivity contribution in [2.75, 3.05) is 20.1 Å². The molecule has 0 spiro atoms. The number of aliphatic imine (C=N–C) groups is 1. The molecule has 0 unspecified atom stereocenters. The molecular formula is C21H30N4. The minimum Gasteiger partial charge on any atom is -0.352 e. The van der Waals surface area contributed by atoms with E-state index in [4.69, 9.17) is 0 Å². The van der Waals surface area contributed by atoms with Gasteiger partial charge in [0.15, 0.2) is 5.96 Å². The molecule has 4 nitrogen and oxygen atoms in total. The van der Waals surface area contributed by atoms with E-state index in [-0.39, 0.29) is 0 Å². The molecule has 0 aliphatic heterocycles. The van der Waals surface area contributed by atoms with Crippen molar-refractivity contribution in [3.05, 3.63) is 71.3 Å². The van der Waals surface area contributed by atoms with E-state index in [1.807, 2.05) is 13.1 Å². The van der Waals surface area contributed by atoms with Crippen molar-refractivity contribution in [3.8, 4) is 0 Å². The number of rotatable bonds is 8. The van der Waals surface area contributed by atoms with Crippen molar-refractivity contribution in [2.45, 2.75) is 33.5 Å². The fourth-order valence-electron chi connectivity index (χ4n) is 2.75. The van der Waals surface area contributed by atoms with Gasteiger partial charge in [0.2, 0.25) is 0 Å². The highest BCUT2D eigenvalue weighted by Gasteiger charge is 2.07. The van der Waals surface area contributed by atoms with E-state index in [0.29, 0.717) is 0 Å². The molecule has 0 atom stereocenters. The van der Waals surface area contributed by atoms with E-state index in [9.17, 15) is 0 Å². The Bertz CT molecular complexity index is 648. The van der Waals surface area contributed by atoms with E-state index in [1.54, 1.807) is 0 Å². The summed E-state index contributed by atoms with van der Waals surface area (Å²) in [4.78, 5) is 6.76. The van der Waals surface area contributed by atoms with Crippen LogP contribution in [0.15, 0.2) is 59.6 Å².